The highest BCUT2D eigenvalue weighted by molar-refractivity contribution is 6.34. The second-order valence-corrected chi connectivity index (χ2v) is 11.3. The molecular weight excluding hydrogens is 430 g/mol. The van der Waals surface area contributed by atoms with Crippen molar-refractivity contribution in [3.8, 4) is 0 Å². The molecule has 6 atom stereocenters. The lowest BCUT2D eigenvalue weighted by molar-refractivity contribution is -0.0455. The Hall–Kier alpha value is -1.94. The van der Waals surface area contributed by atoms with Crippen molar-refractivity contribution in [3.63, 3.8) is 0 Å². The first-order valence-corrected chi connectivity index (χ1v) is 12.8. The predicted octanol–water partition coefficient (Wildman–Crippen LogP) is 6.49. The van der Waals surface area contributed by atoms with Crippen LogP contribution in [0.5, 0.6) is 0 Å². The van der Waals surface area contributed by atoms with Crippen molar-refractivity contribution in [2.45, 2.75) is 64.1 Å². The zero-order valence-electron chi connectivity index (χ0n) is 19.4. The van der Waals surface area contributed by atoms with Crippen LogP contribution in [-0.2, 0) is 0 Å². The first kappa shape index (κ1) is 21.6. The number of rotatable bonds is 1. The SMILES string of the molecule is CC1C=C2C=C3CC(O)CCC3CC[C@]2(O)C2CC=C(c3ccc4c(Cl)nccc4c3)C12C. The van der Waals surface area contributed by atoms with E-state index in [4.69, 9.17) is 11.6 Å². The fourth-order valence-electron chi connectivity index (χ4n) is 7.38. The maximum Gasteiger partial charge on any atom is 0.136 e. The number of hydrogen-bond acceptors (Lipinski definition) is 3. The summed E-state index contributed by atoms with van der Waals surface area (Å²) >= 11 is 6.31. The lowest BCUT2D eigenvalue weighted by Gasteiger charge is -2.51. The summed E-state index contributed by atoms with van der Waals surface area (Å²) < 4.78 is 0. The van der Waals surface area contributed by atoms with Crippen LogP contribution in [0.15, 0.2) is 59.8 Å². The Bertz CT molecular complexity index is 1230. The summed E-state index contributed by atoms with van der Waals surface area (Å²) in [6, 6.07) is 8.48. The van der Waals surface area contributed by atoms with Gasteiger partial charge in [-0.3, -0.25) is 0 Å². The fraction of sp³-hybridized carbons (Fsp3) is 0.483. The average Bonchev–Trinajstić information content (AvgIpc) is 3.10. The molecule has 0 bridgehead atoms. The second-order valence-electron chi connectivity index (χ2n) is 11.0. The smallest absolute Gasteiger partial charge is 0.136 e. The minimum Gasteiger partial charge on any atom is -0.393 e. The summed E-state index contributed by atoms with van der Waals surface area (Å²) in [6.07, 6.45) is 13.8. The molecule has 0 aliphatic heterocycles. The van der Waals surface area contributed by atoms with Crippen LogP contribution in [0.25, 0.3) is 16.3 Å². The monoisotopic (exact) mass is 461 g/mol. The van der Waals surface area contributed by atoms with E-state index in [-0.39, 0.29) is 17.4 Å². The minimum atomic E-state index is -0.821. The molecule has 1 aromatic heterocycles. The number of pyridine rings is 1. The third kappa shape index (κ3) is 3.12. The van der Waals surface area contributed by atoms with Gasteiger partial charge in [0.2, 0.25) is 0 Å². The van der Waals surface area contributed by atoms with E-state index in [0.717, 1.165) is 54.9 Å². The van der Waals surface area contributed by atoms with Crippen molar-refractivity contribution in [2.75, 3.05) is 0 Å². The Labute approximate surface area is 200 Å². The van der Waals surface area contributed by atoms with Crippen LogP contribution >= 0.6 is 11.6 Å². The van der Waals surface area contributed by atoms with E-state index in [1.54, 1.807) is 6.20 Å². The molecule has 1 saturated carbocycles. The van der Waals surface area contributed by atoms with E-state index in [1.807, 2.05) is 6.07 Å². The van der Waals surface area contributed by atoms with Crippen LogP contribution in [0, 0.1) is 23.2 Å². The van der Waals surface area contributed by atoms with Crippen molar-refractivity contribution < 1.29 is 10.2 Å². The Morgan fingerprint density at radius 3 is 2.85 bits per heavy atom. The van der Waals surface area contributed by atoms with Crippen LogP contribution in [0.4, 0.5) is 0 Å². The third-order valence-corrected chi connectivity index (χ3v) is 9.70. The molecule has 33 heavy (non-hydrogen) atoms. The summed E-state index contributed by atoms with van der Waals surface area (Å²) in [5.41, 5.74) is 4.02. The Morgan fingerprint density at radius 1 is 1.15 bits per heavy atom. The van der Waals surface area contributed by atoms with E-state index in [0.29, 0.717) is 17.0 Å². The highest BCUT2D eigenvalue weighted by Gasteiger charge is 2.58. The van der Waals surface area contributed by atoms with E-state index in [2.05, 4.69) is 55.3 Å². The van der Waals surface area contributed by atoms with Gasteiger partial charge in [-0.15, -0.1) is 0 Å². The Balaban J connectivity index is 1.42. The van der Waals surface area contributed by atoms with Crippen LogP contribution in [0.1, 0.15) is 57.9 Å². The highest BCUT2D eigenvalue weighted by Crippen LogP contribution is 2.63. The number of aliphatic hydroxyl groups is 2. The molecule has 4 heteroatoms. The van der Waals surface area contributed by atoms with E-state index in [9.17, 15) is 10.2 Å². The maximum atomic E-state index is 12.3. The van der Waals surface area contributed by atoms with Crippen molar-refractivity contribution >= 4 is 27.9 Å². The number of hydrogen-bond donors (Lipinski definition) is 2. The molecular formula is C29H32ClNO2. The molecule has 0 saturated heterocycles. The molecule has 6 rings (SSSR count). The van der Waals surface area contributed by atoms with Gasteiger partial charge in [0.1, 0.15) is 5.15 Å². The highest BCUT2D eigenvalue weighted by atomic mass is 35.5. The van der Waals surface area contributed by atoms with E-state index >= 15 is 0 Å². The van der Waals surface area contributed by atoms with Gasteiger partial charge >= 0.3 is 0 Å². The van der Waals surface area contributed by atoms with Crippen molar-refractivity contribution in [1.29, 1.82) is 0 Å². The standard InChI is InChI=1S/C29H32ClNO2/c1-17-13-22-15-21-16-23(32)5-3-18(21)9-11-29(22,33)26-8-7-25(28(17,26)2)20-4-6-24-19(14-20)10-12-31-27(24)30/h4,6-7,10,12-15,17-18,23,26,32-33H,3,5,8-9,11,16H2,1-2H3/t17?,18?,23?,26?,28?,29-/m1/s1. The minimum absolute atomic E-state index is 0.143. The molecule has 3 nitrogen and oxygen atoms in total. The van der Waals surface area contributed by atoms with Crippen LogP contribution in [-0.4, -0.2) is 26.9 Å². The molecule has 172 valence electrons. The Kier molecular flexibility index (Phi) is 4.93. The quantitative estimate of drug-likeness (QED) is 0.477. The number of halogens is 1. The van der Waals surface area contributed by atoms with Crippen molar-refractivity contribution in [3.05, 3.63) is 70.6 Å². The molecule has 4 aliphatic carbocycles. The van der Waals surface area contributed by atoms with Gasteiger partial charge in [-0.25, -0.2) is 4.98 Å². The van der Waals surface area contributed by atoms with Crippen LogP contribution in [0.3, 0.4) is 0 Å². The summed E-state index contributed by atoms with van der Waals surface area (Å²) in [5, 5.41) is 25.1. The number of fused-ring (bicyclic) bond motifs is 5. The van der Waals surface area contributed by atoms with Gasteiger partial charge in [0, 0.05) is 22.9 Å². The number of benzene rings is 1. The summed E-state index contributed by atoms with van der Waals surface area (Å²) in [7, 11) is 0. The molecule has 1 fully saturated rings. The molecule has 2 N–H and O–H groups in total. The molecule has 0 radical (unpaired) electrons. The number of nitrogens with zero attached hydrogens (tertiary/aromatic N) is 1. The number of aromatic nitrogens is 1. The van der Waals surface area contributed by atoms with Gasteiger partial charge in [-0.1, -0.05) is 61.4 Å². The number of allylic oxidation sites excluding steroid dienone is 3. The zero-order chi connectivity index (χ0) is 23.0. The summed E-state index contributed by atoms with van der Waals surface area (Å²) in [4.78, 5) is 4.21. The normalized spacial score (nSPS) is 37.9. The first-order chi connectivity index (χ1) is 15.8. The molecule has 4 aliphatic rings. The van der Waals surface area contributed by atoms with Gasteiger partial charge < -0.3 is 10.2 Å². The van der Waals surface area contributed by atoms with Gasteiger partial charge in [-0.2, -0.15) is 0 Å². The van der Waals surface area contributed by atoms with E-state index < -0.39 is 5.60 Å². The summed E-state index contributed by atoms with van der Waals surface area (Å²) in [6.45, 7) is 4.65. The summed E-state index contributed by atoms with van der Waals surface area (Å²) in [5.74, 6) is 0.942. The third-order valence-electron chi connectivity index (χ3n) is 9.40. The topological polar surface area (TPSA) is 53.4 Å². The van der Waals surface area contributed by atoms with E-state index in [1.165, 1.54) is 16.7 Å². The predicted molar refractivity (Wildman–Crippen MR) is 134 cm³/mol. The van der Waals surface area contributed by atoms with Crippen molar-refractivity contribution in [1.82, 2.24) is 4.98 Å². The van der Waals surface area contributed by atoms with Crippen LogP contribution in [0.2, 0.25) is 5.15 Å². The molecule has 2 aromatic rings. The van der Waals surface area contributed by atoms with Gasteiger partial charge in [-0.05, 0) is 84.6 Å². The first-order valence-electron chi connectivity index (χ1n) is 12.4. The molecule has 0 spiro atoms. The molecule has 1 aromatic carbocycles. The molecule has 1 heterocycles. The number of aliphatic hydroxyl groups excluding tert-OH is 1. The maximum absolute atomic E-state index is 12.3. The van der Waals surface area contributed by atoms with Crippen molar-refractivity contribution in [2.24, 2.45) is 23.2 Å². The lowest BCUT2D eigenvalue weighted by atomic mass is 9.54. The van der Waals surface area contributed by atoms with Gasteiger partial charge in [0.15, 0.2) is 0 Å². The Morgan fingerprint density at radius 2 is 2.00 bits per heavy atom. The van der Waals surface area contributed by atoms with Crippen LogP contribution < -0.4 is 0 Å². The van der Waals surface area contributed by atoms with Gasteiger partial charge in [0.05, 0.1) is 11.7 Å². The second kappa shape index (κ2) is 7.53. The molecule has 0 amide bonds. The average molecular weight is 462 g/mol. The lowest BCUT2D eigenvalue weighted by Crippen LogP contribution is -2.51. The van der Waals surface area contributed by atoms with Gasteiger partial charge in [0.25, 0.3) is 0 Å². The fourth-order valence-corrected chi connectivity index (χ4v) is 7.61. The molecule has 5 unspecified atom stereocenters. The largest absolute Gasteiger partial charge is 0.393 e. The zero-order valence-corrected chi connectivity index (χ0v) is 20.1.